The molecule has 106 valence electrons. The van der Waals surface area contributed by atoms with Gasteiger partial charge in [-0.2, -0.15) is 5.26 Å². The number of carbonyl (C=O) groups excluding carboxylic acids is 1. The van der Waals surface area contributed by atoms with Gasteiger partial charge in [0.25, 0.3) is 5.91 Å². The maximum absolute atomic E-state index is 11.8. The van der Waals surface area contributed by atoms with Crippen molar-refractivity contribution in [2.75, 3.05) is 0 Å². The molecule has 6 nitrogen and oxygen atoms in total. The van der Waals surface area contributed by atoms with Gasteiger partial charge in [-0.05, 0) is 38.1 Å². The third kappa shape index (κ3) is 4.98. The lowest BCUT2D eigenvalue weighted by atomic mass is 10.2. The summed E-state index contributed by atoms with van der Waals surface area (Å²) in [5.74, 6) is -0.890. The van der Waals surface area contributed by atoms with E-state index >= 15 is 0 Å². The largest absolute Gasteiger partial charge is 0.481 e. The number of hydrogen-bond acceptors (Lipinski definition) is 4. The van der Waals surface area contributed by atoms with Crippen molar-refractivity contribution in [2.24, 2.45) is 0 Å². The molecule has 0 aliphatic heterocycles. The van der Waals surface area contributed by atoms with Gasteiger partial charge in [-0.15, -0.1) is 0 Å². The lowest BCUT2D eigenvalue weighted by Gasteiger charge is -2.17. The van der Waals surface area contributed by atoms with Crippen LogP contribution in [0.1, 0.15) is 25.8 Å². The Morgan fingerprint density at radius 1 is 1.35 bits per heavy atom. The van der Waals surface area contributed by atoms with Gasteiger partial charge in [0.1, 0.15) is 5.75 Å². The maximum Gasteiger partial charge on any atom is 0.305 e. The second-order valence-corrected chi connectivity index (χ2v) is 4.40. The Labute approximate surface area is 117 Å². The molecular formula is C14H16N2O4. The Bertz CT molecular complexity index is 519. The molecule has 1 aromatic carbocycles. The highest BCUT2D eigenvalue weighted by Gasteiger charge is 2.18. The zero-order chi connectivity index (χ0) is 15.1. The third-order valence-electron chi connectivity index (χ3n) is 2.53. The van der Waals surface area contributed by atoms with E-state index in [0.29, 0.717) is 11.3 Å². The summed E-state index contributed by atoms with van der Waals surface area (Å²) in [5, 5.41) is 19.8. The Hall–Kier alpha value is -2.55. The van der Waals surface area contributed by atoms with E-state index < -0.39 is 18.1 Å². The minimum absolute atomic E-state index is 0.144. The molecular weight excluding hydrogens is 260 g/mol. The van der Waals surface area contributed by atoms with Crippen LogP contribution in [0, 0.1) is 11.3 Å². The van der Waals surface area contributed by atoms with Crippen LogP contribution in [0.5, 0.6) is 5.75 Å². The molecule has 2 unspecified atom stereocenters. The molecule has 1 aromatic rings. The average molecular weight is 276 g/mol. The number of nitrogens with zero attached hydrogens (tertiary/aromatic N) is 1. The van der Waals surface area contributed by atoms with Crippen LogP contribution in [0.2, 0.25) is 0 Å². The molecule has 6 heteroatoms. The summed E-state index contributed by atoms with van der Waals surface area (Å²) in [4.78, 5) is 22.3. The predicted octanol–water partition coefficient (Wildman–Crippen LogP) is 1.30. The lowest BCUT2D eigenvalue weighted by molar-refractivity contribution is -0.137. The van der Waals surface area contributed by atoms with Crippen LogP contribution in [0.15, 0.2) is 24.3 Å². The van der Waals surface area contributed by atoms with Crippen LogP contribution < -0.4 is 10.1 Å². The van der Waals surface area contributed by atoms with Crippen LogP contribution in [0.25, 0.3) is 0 Å². The van der Waals surface area contributed by atoms with Crippen molar-refractivity contribution in [3.8, 4) is 11.8 Å². The number of rotatable bonds is 6. The molecule has 0 radical (unpaired) electrons. The number of carboxylic acids is 1. The number of carbonyl (C=O) groups is 2. The zero-order valence-corrected chi connectivity index (χ0v) is 11.3. The molecule has 0 fully saturated rings. The van der Waals surface area contributed by atoms with Gasteiger partial charge < -0.3 is 15.2 Å². The van der Waals surface area contributed by atoms with Gasteiger partial charge in [0, 0.05) is 6.04 Å². The van der Waals surface area contributed by atoms with Crippen molar-refractivity contribution in [1.82, 2.24) is 5.32 Å². The first-order valence-corrected chi connectivity index (χ1v) is 6.11. The molecule has 20 heavy (non-hydrogen) atoms. The van der Waals surface area contributed by atoms with Crippen molar-refractivity contribution in [2.45, 2.75) is 32.4 Å². The fraction of sp³-hybridized carbons (Fsp3) is 0.357. The van der Waals surface area contributed by atoms with Gasteiger partial charge in [0.05, 0.1) is 18.1 Å². The van der Waals surface area contributed by atoms with E-state index in [1.54, 1.807) is 38.1 Å². The average Bonchev–Trinajstić information content (AvgIpc) is 2.38. The smallest absolute Gasteiger partial charge is 0.305 e. The SMILES string of the molecule is CC(CC(=O)O)NC(=O)C(C)Oc1ccc(C#N)cc1. The van der Waals surface area contributed by atoms with E-state index in [1.165, 1.54) is 0 Å². The summed E-state index contributed by atoms with van der Waals surface area (Å²) < 4.78 is 5.41. The van der Waals surface area contributed by atoms with E-state index in [1.807, 2.05) is 6.07 Å². The molecule has 0 bridgehead atoms. The second-order valence-electron chi connectivity index (χ2n) is 4.40. The number of aliphatic carboxylic acids is 1. The van der Waals surface area contributed by atoms with Crippen LogP contribution in [-0.2, 0) is 9.59 Å². The first-order valence-electron chi connectivity index (χ1n) is 6.11. The number of nitrogens with one attached hydrogen (secondary N) is 1. The van der Waals surface area contributed by atoms with Gasteiger partial charge in [-0.25, -0.2) is 0 Å². The Morgan fingerprint density at radius 3 is 2.45 bits per heavy atom. The van der Waals surface area contributed by atoms with Crippen molar-refractivity contribution >= 4 is 11.9 Å². The molecule has 0 heterocycles. The Morgan fingerprint density at radius 2 is 1.95 bits per heavy atom. The molecule has 1 amide bonds. The third-order valence-corrected chi connectivity index (χ3v) is 2.53. The standard InChI is InChI=1S/C14H16N2O4/c1-9(7-13(17)18)16-14(19)10(2)20-12-5-3-11(8-15)4-6-12/h3-6,9-10H,7H2,1-2H3,(H,16,19)(H,17,18). The van der Waals surface area contributed by atoms with E-state index in [2.05, 4.69) is 5.32 Å². The highest BCUT2D eigenvalue weighted by molar-refractivity contribution is 5.81. The van der Waals surface area contributed by atoms with E-state index in [0.717, 1.165) is 0 Å². The van der Waals surface area contributed by atoms with Crippen molar-refractivity contribution in [1.29, 1.82) is 5.26 Å². The minimum Gasteiger partial charge on any atom is -0.481 e. The van der Waals surface area contributed by atoms with Crippen LogP contribution in [-0.4, -0.2) is 29.1 Å². The summed E-state index contributed by atoms with van der Waals surface area (Å²) >= 11 is 0. The number of carboxylic acid groups (broad SMARTS) is 1. The fourth-order valence-corrected chi connectivity index (χ4v) is 1.54. The topological polar surface area (TPSA) is 99.4 Å². The summed E-state index contributed by atoms with van der Waals surface area (Å²) in [6.45, 7) is 3.18. The minimum atomic E-state index is -0.974. The molecule has 0 saturated carbocycles. The van der Waals surface area contributed by atoms with Crippen LogP contribution in [0.4, 0.5) is 0 Å². The number of ether oxygens (including phenoxy) is 1. The number of amides is 1. The normalized spacial score (nSPS) is 12.8. The molecule has 0 aliphatic carbocycles. The summed E-state index contributed by atoms with van der Waals surface area (Å²) in [6.07, 6.45) is -0.894. The van der Waals surface area contributed by atoms with Crippen molar-refractivity contribution < 1.29 is 19.4 Å². The Balaban J connectivity index is 2.52. The summed E-state index contributed by atoms with van der Waals surface area (Å²) in [6, 6.07) is 7.90. The quantitative estimate of drug-likeness (QED) is 0.816. The molecule has 2 N–H and O–H groups in total. The fourth-order valence-electron chi connectivity index (χ4n) is 1.54. The van der Waals surface area contributed by atoms with Gasteiger partial charge in [-0.1, -0.05) is 0 Å². The second kappa shape index (κ2) is 7.14. The number of nitriles is 1. The lowest BCUT2D eigenvalue weighted by Crippen LogP contribution is -2.42. The van der Waals surface area contributed by atoms with Crippen LogP contribution in [0.3, 0.4) is 0 Å². The molecule has 0 saturated heterocycles. The monoisotopic (exact) mass is 276 g/mol. The van der Waals surface area contributed by atoms with E-state index in [4.69, 9.17) is 15.1 Å². The van der Waals surface area contributed by atoms with Crippen LogP contribution >= 0.6 is 0 Å². The molecule has 0 aromatic heterocycles. The molecule has 1 rings (SSSR count). The molecule has 0 aliphatic rings. The van der Waals surface area contributed by atoms with Crippen molar-refractivity contribution in [3.05, 3.63) is 29.8 Å². The van der Waals surface area contributed by atoms with E-state index in [-0.39, 0.29) is 12.3 Å². The Kier molecular flexibility index (Phi) is 5.54. The summed E-state index contributed by atoms with van der Waals surface area (Å²) in [7, 11) is 0. The molecule has 0 spiro atoms. The van der Waals surface area contributed by atoms with Gasteiger partial charge in [0.2, 0.25) is 0 Å². The van der Waals surface area contributed by atoms with Gasteiger partial charge >= 0.3 is 5.97 Å². The molecule has 2 atom stereocenters. The zero-order valence-electron chi connectivity index (χ0n) is 11.3. The van der Waals surface area contributed by atoms with Crippen molar-refractivity contribution in [3.63, 3.8) is 0 Å². The first kappa shape index (κ1) is 15.5. The van der Waals surface area contributed by atoms with Gasteiger partial charge in [-0.3, -0.25) is 9.59 Å². The highest BCUT2D eigenvalue weighted by atomic mass is 16.5. The van der Waals surface area contributed by atoms with E-state index in [9.17, 15) is 9.59 Å². The maximum atomic E-state index is 11.8. The predicted molar refractivity (Wildman–Crippen MR) is 71.1 cm³/mol. The van der Waals surface area contributed by atoms with Gasteiger partial charge in [0.15, 0.2) is 6.10 Å². The highest BCUT2D eigenvalue weighted by Crippen LogP contribution is 2.13. The number of benzene rings is 1. The number of hydrogen-bond donors (Lipinski definition) is 2. The first-order chi connectivity index (χ1) is 9.42. The summed E-state index contributed by atoms with van der Waals surface area (Å²) in [5.41, 5.74) is 0.504.